The van der Waals surface area contributed by atoms with E-state index in [0.717, 1.165) is 12.0 Å². The van der Waals surface area contributed by atoms with Crippen LogP contribution in [0.3, 0.4) is 0 Å². The molecule has 0 aliphatic carbocycles. The van der Waals surface area contributed by atoms with Crippen LogP contribution in [0, 0.1) is 26.2 Å². The highest BCUT2D eigenvalue weighted by Crippen LogP contribution is 2.33. The summed E-state index contributed by atoms with van der Waals surface area (Å²) in [5, 5.41) is 0. The third-order valence-corrected chi connectivity index (χ3v) is 4.59. The molecular formula is C29H40. The summed E-state index contributed by atoms with van der Waals surface area (Å²) in [6.45, 7) is 23.4. The molecule has 0 nitrogen and oxygen atoms in total. The van der Waals surface area contributed by atoms with Crippen LogP contribution in [-0.2, 0) is 5.41 Å². The van der Waals surface area contributed by atoms with Gasteiger partial charge in [-0.15, -0.1) is 12.3 Å². The summed E-state index contributed by atoms with van der Waals surface area (Å²) in [5.74, 6) is 2.43. The molecule has 0 aliphatic rings. The Morgan fingerprint density at radius 3 is 1.93 bits per heavy atom. The van der Waals surface area contributed by atoms with Gasteiger partial charge in [0.15, 0.2) is 0 Å². The van der Waals surface area contributed by atoms with Gasteiger partial charge >= 0.3 is 0 Å². The minimum Gasteiger partial charge on any atom is -0.120 e. The number of hydrogen-bond donors (Lipinski definition) is 0. The monoisotopic (exact) mass is 388 g/mol. The first-order valence-electron chi connectivity index (χ1n) is 10.6. The lowest BCUT2D eigenvalue weighted by Crippen LogP contribution is -2.10. The maximum atomic E-state index is 4.78. The molecule has 2 aromatic carbocycles. The average molecular weight is 389 g/mol. The Balaban J connectivity index is 0.00000116. The lowest BCUT2D eigenvalue weighted by atomic mass is 9.85. The quantitative estimate of drug-likeness (QED) is 0.364. The van der Waals surface area contributed by atoms with Crippen molar-refractivity contribution in [1.82, 2.24) is 0 Å². The number of rotatable bonds is 3. The van der Waals surface area contributed by atoms with Gasteiger partial charge in [0, 0.05) is 6.42 Å². The van der Waals surface area contributed by atoms with Gasteiger partial charge in [-0.1, -0.05) is 102 Å². The van der Waals surface area contributed by atoms with Crippen LogP contribution in [0.4, 0.5) is 0 Å². The van der Waals surface area contributed by atoms with Crippen molar-refractivity contribution in [3.05, 3.63) is 82.9 Å². The van der Waals surface area contributed by atoms with Crippen molar-refractivity contribution in [2.75, 3.05) is 0 Å². The van der Waals surface area contributed by atoms with Crippen LogP contribution in [-0.4, -0.2) is 0 Å². The summed E-state index contributed by atoms with van der Waals surface area (Å²) in [7, 11) is 0. The van der Waals surface area contributed by atoms with Crippen molar-refractivity contribution in [1.29, 1.82) is 0 Å². The van der Waals surface area contributed by atoms with Gasteiger partial charge in [0.25, 0.3) is 0 Å². The zero-order chi connectivity index (χ0) is 22.6. The fourth-order valence-corrected chi connectivity index (χ4v) is 2.96. The zero-order valence-electron chi connectivity index (χ0n) is 20.1. The molecule has 2 rings (SSSR count). The van der Waals surface area contributed by atoms with Gasteiger partial charge in [-0.05, 0) is 59.6 Å². The van der Waals surface area contributed by atoms with Crippen molar-refractivity contribution in [2.24, 2.45) is 0 Å². The topological polar surface area (TPSA) is 0 Å². The van der Waals surface area contributed by atoms with Crippen LogP contribution in [0.5, 0.6) is 0 Å². The highest BCUT2D eigenvalue weighted by Gasteiger charge is 2.15. The molecule has 29 heavy (non-hydrogen) atoms. The number of benzene rings is 2. The summed E-state index contributed by atoms with van der Waals surface area (Å²) in [5.41, 5.74) is 8.85. The van der Waals surface area contributed by atoms with Crippen LogP contribution in [0.25, 0.3) is 11.1 Å². The maximum Gasteiger partial charge on any atom is 0.00576 e. The van der Waals surface area contributed by atoms with Gasteiger partial charge in [-0.25, -0.2) is 0 Å². The van der Waals surface area contributed by atoms with E-state index in [2.05, 4.69) is 103 Å². The van der Waals surface area contributed by atoms with E-state index in [1.54, 1.807) is 0 Å². The van der Waals surface area contributed by atoms with E-state index in [1.807, 2.05) is 20.8 Å². The molecule has 0 amide bonds. The van der Waals surface area contributed by atoms with Crippen LogP contribution in [0.15, 0.2) is 55.1 Å². The van der Waals surface area contributed by atoms with Gasteiger partial charge in [0.2, 0.25) is 0 Å². The van der Waals surface area contributed by atoms with Crippen LogP contribution in [0.2, 0.25) is 0 Å². The van der Waals surface area contributed by atoms with E-state index in [9.17, 15) is 0 Å². The Labute approximate surface area is 180 Å². The first-order valence-corrected chi connectivity index (χ1v) is 10.6. The normalized spacial score (nSPS) is 10.7. The first kappa shape index (κ1) is 26.5. The minimum absolute atomic E-state index is 0.180. The number of hydrogen-bond acceptors (Lipinski definition) is 0. The molecule has 0 unspecified atom stereocenters. The highest BCUT2D eigenvalue weighted by atomic mass is 14.2. The summed E-state index contributed by atoms with van der Waals surface area (Å²) in [4.78, 5) is 0. The SMILES string of the molecule is C#CCC.C=C(/C(=C\C)c1ccc(C(C)(C)C)cc1)c1ccc(C)cc1C.CC. The fraction of sp³-hybridized carbons (Fsp3) is 0.379. The molecule has 0 radical (unpaired) electrons. The van der Waals surface area contributed by atoms with E-state index in [4.69, 9.17) is 6.42 Å². The molecule has 0 N–H and O–H groups in total. The second-order valence-corrected chi connectivity index (χ2v) is 7.88. The van der Waals surface area contributed by atoms with E-state index >= 15 is 0 Å². The van der Waals surface area contributed by atoms with Crippen molar-refractivity contribution in [2.45, 2.75) is 74.1 Å². The second kappa shape index (κ2) is 12.8. The number of allylic oxidation sites excluding steroid dienone is 3. The molecule has 0 aromatic heterocycles. The lowest BCUT2D eigenvalue weighted by Gasteiger charge is -2.20. The van der Waals surface area contributed by atoms with E-state index in [-0.39, 0.29) is 5.41 Å². The summed E-state index contributed by atoms with van der Waals surface area (Å²) in [6.07, 6.45) is 7.79. The number of terminal acetylenes is 1. The predicted molar refractivity (Wildman–Crippen MR) is 134 cm³/mol. The molecule has 0 heteroatoms. The molecule has 0 aliphatic heterocycles. The largest absolute Gasteiger partial charge is 0.120 e. The van der Waals surface area contributed by atoms with E-state index in [0.29, 0.717) is 0 Å². The lowest BCUT2D eigenvalue weighted by molar-refractivity contribution is 0.590. The number of aryl methyl sites for hydroxylation is 2. The van der Waals surface area contributed by atoms with Crippen molar-refractivity contribution in [3.63, 3.8) is 0 Å². The Kier molecular flexibility index (Phi) is 11.7. The third kappa shape index (κ3) is 8.16. The Morgan fingerprint density at radius 1 is 1.03 bits per heavy atom. The van der Waals surface area contributed by atoms with Gasteiger partial charge in [-0.3, -0.25) is 0 Å². The third-order valence-electron chi connectivity index (χ3n) is 4.59. The van der Waals surface area contributed by atoms with E-state index in [1.165, 1.54) is 33.4 Å². The highest BCUT2D eigenvalue weighted by molar-refractivity contribution is 6.04. The summed E-state index contributed by atoms with van der Waals surface area (Å²) < 4.78 is 0. The van der Waals surface area contributed by atoms with Gasteiger partial charge in [0.1, 0.15) is 0 Å². The molecule has 0 fully saturated rings. The maximum absolute atomic E-state index is 4.78. The summed E-state index contributed by atoms with van der Waals surface area (Å²) in [6, 6.07) is 15.4. The molecule has 0 saturated carbocycles. The molecule has 2 aromatic rings. The Morgan fingerprint density at radius 2 is 1.55 bits per heavy atom. The molecule has 0 heterocycles. The molecule has 156 valence electrons. The second-order valence-electron chi connectivity index (χ2n) is 7.88. The Hall–Kier alpha value is -2.52. The molecule has 0 bridgehead atoms. The summed E-state index contributed by atoms with van der Waals surface area (Å²) >= 11 is 0. The average Bonchev–Trinajstić information content (AvgIpc) is 2.70. The van der Waals surface area contributed by atoms with Crippen LogP contribution >= 0.6 is 0 Å². The molecule has 0 spiro atoms. The van der Waals surface area contributed by atoms with Gasteiger partial charge in [0.05, 0.1) is 0 Å². The first-order chi connectivity index (χ1) is 13.6. The van der Waals surface area contributed by atoms with Crippen molar-refractivity contribution >= 4 is 11.1 Å². The van der Waals surface area contributed by atoms with Gasteiger partial charge < -0.3 is 0 Å². The smallest absolute Gasteiger partial charge is 0.00576 e. The van der Waals surface area contributed by atoms with Crippen LogP contribution < -0.4 is 0 Å². The minimum atomic E-state index is 0.180. The fourth-order valence-electron chi connectivity index (χ4n) is 2.96. The zero-order valence-corrected chi connectivity index (χ0v) is 20.1. The van der Waals surface area contributed by atoms with Crippen molar-refractivity contribution in [3.8, 4) is 12.3 Å². The standard InChI is InChI=1S/C23H28.C4H6.C2H6/c1-8-21(18(4)22-14-9-16(2)15-17(22)3)19-10-12-20(13-11-19)23(5,6)7;1-3-4-2;1-2/h8-15H,4H2,1-3,5-7H3;1H,4H2,2H3;1-2H3/b21-8+;;. The van der Waals surface area contributed by atoms with E-state index < -0.39 is 0 Å². The van der Waals surface area contributed by atoms with Crippen LogP contribution in [0.1, 0.15) is 82.7 Å². The predicted octanol–water partition coefficient (Wildman–Crippen LogP) is 8.77. The van der Waals surface area contributed by atoms with Crippen molar-refractivity contribution < 1.29 is 0 Å². The molecule has 0 saturated heterocycles. The molecular weight excluding hydrogens is 348 g/mol. The Bertz CT molecular complexity index is 831. The van der Waals surface area contributed by atoms with Gasteiger partial charge in [-0.2, -0.15) is 0 Å². The molecule has 0 atom stereocenters.